The van der Waals surface area contributed by atoms with Crippen LogP contribution in [0.1, 0.15) is 113 Å². The van der Waals surface area contributed by atoms with Crippen LogP contribution < -0.4 is 19.3 Å². The first-order valence-corrected chi connectivity index (χ1v) is 28.2. The van der Waals surface area contributed by atoms with Crippen molar-refractivity contribution in [2.75, 3.05) is 30.6 Å². The average molecular weight is 1110 g/mol. The van der Waals surface area contributed by atoms with Gasteiger partial charge >= 0.3 is 0 Å². The lowest BCUT2D eigenvalue weighted by molar-refractivity contribution is 0.279. The van der Waals surface area contributed by atoms with Crippen molar-refractivity contribution < 1.29 is 23.4 Å². The van der Waals surface area contributed by atoms with Gasteiger partial charge in [0.2, 0.25) is 11.9 Å². The van der Waals surface area contributed by atoms with Gasteiger partial charge < -0.3 is 24.4 Å². The topological polar surface area (TPSA) is 168 Å². The third kappa shape index (κ3) is 13.3. The van der Waals surface area contributed by atoms with Crippen LogP contribution in [0.2, 0.25) is 0 Å². The number of hydrogen-bond donors (Lipinski definition) is 1. The summed E-state index contributed by atoms with van der Waals surface area (Å²) in [6, 6.07) is 31.2. The molecule has 0 saturated heterocycles. The number of unbranched alkanes of at least 4 members (excludes halogenated alkanes) is 3. The highest BCUT2D eigenvalue weighted by Crippen LogP contribution is 2.38. The fourth-order valence-corrected chi connectivity index (χ4v) is 10.2. The molecule has 1 N–H and O–H groups in total. The summed E-state index contributed by atoms with van der Waals surface area (Å²) >= 11 is 0. The highest BCUT2D eigenvalue weighted by atomic mass is 19.1. The molecule has 0 aliphatic heterocycles. The number of aromatic nitrogens is 12. The van der Waals surface area contributed by atoms with E-state index in [1.807, 2.05) is 76.6 Å². The standard InChI is InChI=1S/C32H38FN7O.C31H36FN7O2/c1-6-7-8-18-39-25(15-17-35-39)21-38(20-24-11-13-26(41-5)14-12-24)29-19-28(27-10-9-16-34-32(27)33)36-30-23(4)37-40(22(2)3)31(29)30;1-21(2)39-30-28(18-27(35-29(30)22(3)36-39)26-8-7-14-33-31(26)32)37(19-23-9-11-25(41-4)12-10-23)20-24-13-15-34-38(24)16-5-6-17-40/h9-17,19,22H,6-8,18,20-21H2,1-5H3;7-15,18,21,40H,5-6,16-17,19-20H2,1-4H3. The quantitative estimate of drug-likeness (QED) is 0.0449. The van der Waals surface area contributed by atoms with Gasteiger partial charge in [-0.1, -0.05) is 44.0 Å². The van der Waals surface area contributed by atoms with Crippen LogP contribution >= 0.6 is 0 Å². The third-order valence-electron chi connectivity index (χ3n) is 14.5. The summed E-state index contributed by atoms with van der Waals surface area (Å²) in [5.41, 5.74) is 12.8. The Balaban J connectivity index is 0.000000198. The van der Waals surface area contributed by atoms with Crippen molar-refractivity contribution in [3.05, 3.63) is 168 Å². The van der Waals surface area contributed by atoms with Crippen molar-refractivity contribution in [2.45, 2.75) is 132 Å². The zero-order valence-electron chi connectivity index (χ0n) is 48.5. The maximum atomic E-state index is 15.0. The van der Waals surface area contributed by atoms with Crippen molar-refractivity contribution >= 4 is 33.4 Å². The number of rotatable bonds is 24. The first-order chi connectivity index (χ1) is 39.8. The molecule has 0 bridgehead atoms. The van der Waals surface area contributed by atoms with E-state index in [1.165, 1.54) is 12.4 Å². The van der Waals surface area contributed by atoms with Crippen molar-refractivity contribution in [2.24, 2.45) is 0 Å². The lowest BCUT2D eigenvalue weighted by Gasteiger charge is -2.27. The van der Waals surface area contributed by atoms with Gasteiger partial charge in [-0.2, -0.15) is 29.2 Å². The van der Waals surface area contributed by atoms with Gasteiger partial charge in [-0.25, -0.2) is 19.9 Å². The maximum absolute atomic E-state index is 15.0. The fraction of sp³-hybridized carbons (Fsp3) is 0.365. The molecule has 0 fully saturated rings. The monoisotopic (exact) mass is 1110 g/mol. The van der Waals surface area contributed by atoms with Crippen LogP contribution in [0.25, 0.3) is 44.6 Å². The predicted octanol–water partition coefficient (Wildman–Crippen LogP) is 12.8. The SMILES string of the molecule is CCCCCn1nccc1CN(Cc1ccc(OC)cc1)c1cc(-c2cccnc2F)nc2c(C)nn(C(C)C)c12.COc1ccc(CN(Cc2ccnn2CCCCO)c2cc(-c3cccnc3F)nc3c(C)nn(C(C)C)c23)cc1. The molecular formula is C63H74F2N14O3. The molecule has 0 aliphatic carbocycles. The number of nitrogens with zero attached hydrogens (tertiary/aromatic N) is 14. The second kappa shape index (κ2) is 26.8. The second-order valence-corrected chi connectivity index (χ2v) is 21.0. The summed E-state index contributed by atoms with van der Waals surface area (Å²) in [6.07, 6.45) is 11.5. The Morgan fingerprint density at radius 2 is 0.976 bits per heavy atom. The van der Waals surface area contributed by atoms with E-state index in [-0.39, 0.29) is 18.7 Å². The molecule has 0 spiro atoms. The first kappa shape index (κ1) is 58.1. The minimum absolute atomic E-state index is 0.0829. The van der Waals surface area contributed by atoms with Crippen LogP contribution in [-0.4, -0.2) is 85.0 Å². The van der Waals surface area contributed by atoms with Gasteiger partial charge in [0.25, 0.3) is 0 Å². The van der Waals surface area contributed by atoms with Crippen LogP contribution in [0.4, 0.5) is 20.2 Å². The molecule has 10 aromatic rings. The van der Waals surface area contributed by atoms with Gasteiger partial charge in [-0.05, 0) is 145 Å². The van der Waals surface area contributed by atoms with Crippen LogP contribution in [0.5, 0.6) is 11.5 Å². The first-order valence-electron chi connectivity index (χ1n) is 28.2. The summed E-state index contributed by atoms with van der Waals surface area (Å²) < 4.78 is 48.8. The highest BCUT2D eigenvalue weighted by Gasteiger charge is 2.26. The molecule has 428 valence electrons. The van der Waals surface area contributed by atoms with E-state index in [0.717, 1.165) is 111 Å². The molecule has 10 rings (SSSR count). The van der Waals surface area contributed by atoms with E-state index >= 15 is 0 Å². The van der Waals surface area contributed by atoms with Gasteiger partial charge in [0.15, 0.2) is 0 Å². The minimum Gasteiger partial charge on any atom is -0.497 e. The zero-order chi connectivity index (χ0) is 57.9. The van der Waals surface area contributed by atoms with E-state index in [2.05, 4.69) is 99.6 Å². The van der Waals surface area contributed by atoms with Crippen molar-refractivity contribution in [3.63, 3.8) is 0 Å². The van der Waals surface area contributed by atoms with Crippen LogP contribution in [0.3, 0.4) is 0 Å². The number of benzene rings is 2. The molecule has 17 nitrogen and oxygen atoms in total. The lowest BCUT2D eigenvalue weighted by atomic mass is 10.1. The van der Waals surface area contributed by atoms with E-state index < -0.39 is 11.9 Å². The number of hydrogen-bond acceptors (Lipinski definition) is 13. The molecule has 0 amide bonds. The Labute approximate surface area is 478 Å². The number of pyridine rings is 4. The molecule has 0 aliphatic rings. The highest BCUT2D eigenvalue weighted by molar-refractivity contribution is 5.94. The maximum Gasteiger partial charge on any atom is 0.222 e. The van der Waals surface area contributed by atoms with Crippen molar-refractivity contribution in [1.29, 1.82) is 0 Å². The number of aliphatic hydroxyl groups excluding tert-OH is 1. The van der Waals surface area contributed by atoms with Crippen LogP contribution in [-0.2, 0) is 39.3 Å². The van der Waals surface area contributed by atoms with Gasteiger partial charge in [-0.3, -0.25) is 18.7 Å². The smallest absolute Gasteiger partial charge is 0.222 e. The number of ether oxygens (including phenoxy) is 2. The van der Waals surface area contributed by atoms with Gasteiger partial charge in [0, 0.05) is 69.7 Å². The van der Waals surface area contributed by atoms with Crippen LogP contribution in [0.15, 0.2) is 122 Å². The molecule has 0 saturated carbocycles. The molecule has 8 heterocycles. The second-order valence-electron chi connectivity index (χ2n) is 21.0. The number of fused-ring (bicyclic) bond motifs is 2. The third-order valence-corrected chi connectivity index (χ3v) is 14.5. The number of halogens is 2. The van der Waals surface area contributed by atoms with Crippen molar-refractivity contribution in [3.8, 4) is 34.0 Å². The van der Waals surface area contributed by atoms with Gasteiger partial charge in [-0.15, -0.1) is 0 Å². The average Bonchev–Trinajstić information content (AvgIpc) is 3.85. The summed E-state index contributed by atoms with van der Waals surface area (Å²) in [5.74, 6) is 0.484. The van der Waals surface area contributed by atoms with E-state index in [4.69, 9.17) is 29.6 Å². The Morgan fingerprint density at radius 3 is 1.35 bits per heavy atom. The van der Waals surface area contributed by atoms with Crippen molar-refractivity contribution in [1.82, 2.24) is 59.1 Å². The molecule has 0 unspecified atom stereocenters. The Bertz CT molecular complexity index is 3460. The summed E-state index contributed by atoms with van der Waals surface area (Å²) in [5, 5.41) is 28.2. The Kier molecular flexibility index (Phi) is 19.0. The van der Waals surface area contributed by atoms with Gasteiger partial charge in [0.05, 0.1) is 84.0 Å². The van der Waals surface area contributed by atoms with E-state index in [1.54, 1.807) is 44.7 Å². The van der Waals surface area contributed by atoms with E-state index in [9.17, 15) is 13.9 Å². The molecule has 82 heavy (non-hydrogen) atoms. The Hall–Kier alpha value is -8.58. The molecule has 0 atom stereocenters. The lowest BCUT2D eigenvalue weighted by Crippen LogP contribution is -2.25. The summed E-state index contributed by atoms with van der Waals surface area (Å²) in [4.78, 5) is 22.2. The molecular weight excluding hydrogens is 1040 g/mol. The minimum atomic E-state index is -0.567. The van der Waals surface area contributed by atoms with Crippen LogP contribution in [0, 0.1) is 25.7 Å². The molecule has 2 aromatic carbocycles. The normalized spacial score (nSPS) is 11.5. The van der Waals surface area contributed by atoms with Gasteiger partial charge in [0.1, 0.15) is 33.6 Å². The number of methoxy groups -OCH3 is 2. The summed E-state index contributed by atoms with van der Waals surface area (Å²) in [7, 11) is 3.32. The van der Waals surface area contributed by atoms with E-state index in [0.29, 0.717) is 61.7 Å². The molecule has 8 aromatic heterocycles. The number of aryl methyl sites for hydroxylation is 4. The number of anilines is 2. The summed E-state index contributed by atoms with van der Waals surface area (Å²) in [6.45, 7) is 18.6. The fourth-order valence-electron chi connectivity index (χ4n) is 10.2. The molecule has 19 heteroatoms. The predicted molar refractivity (Wildman–Crippen MR) is 318 cm³/mol. The molecule has 0 radical (unpaired) electrons. The zero-order valence-corrected chi connectivity index (χ0v) is 48.5. The largest absolute Gasteiger partial charge is 0.497 e. The Morgan fingerprint density at radius 1 is 0.549 bits per heavy atom. The number of aliphatic hydroxyl groups is 1.